The summed E-state index contributed by atoms with van der Waals surface area (Å²) in [5.74, 6) is -4.95. The van der Waals surface area contributed by atoms with Gasteiger partial charge in [-0.2, -0.15) is 0 Å². The van der Waals surface area contributed by atoms with Gasteiger partial charge in [0.2, 0.25) is 11.8 Å². The molecule has 1 saturated heterocycles. The van der Waals surface area contributed by atoms with Crippen molar-refractivity contribution in [1.82, 2.24) is 0 Å². The van der Waals surface area contributed by atoms with Gasteiger partial charge in [0, 0.05) is 106 Å². The summed E-state index contributed by atoms with van der Waals surface area (Å²) in [5, 5.41) is 47.5. The Balaban J connectivity index is 0.000000338. The maximum absolute atomic E-state index is 12.3. The monoisotopic (exact) mass is 1510 g/mol. The maximum Gasteiger partial charge on any atom is 1.00 e. The molecule has 8 aromatic carbocycles. The largest absolute Gasteiger partial charge is 1.00 e. The maximum atomic E-state index is 12.3. The van der Waals surface area contributed by atoms with Gasteiger partial charge in [-0.1, -0.05) is 138 Å². The third kappa shape index (κ3) is 27.7. The first-order valence-electron chi connectivity index (χ1n) is 28.1. The molecule has 2 amide bonds. The number of esters is 2. The molecule has 39 heteroatoms. The number of nitro benzene ring substituents is 2. The normalized spacial score (nSPS) is 12.0. The van der Waals surface area contributed by atoms with E-state index in [0.717, 1.165) is 45.9 Å². The number of methoxy groups -OCH3 is 2. The second kappa shape index (κ2) is 43.4. The van der Waals surface area contributed by atoms with Crippen molar-refractivity contribution in [2.45, 2.75) is 39.0 Å². The molecule has 1 heterocycles. The Labute approximate surface area is 616 Å². The van der Waals surface area contributed by atoms with Crippen molar-refractivity contribution in [2.24, 2.45) is 0 Å². The van der Waals surface area contributed by atoms with E-state index in [1.807, 2.05) is 83.6 Å². The molecule has 1 aliphatic rings. The standard InChI is InChI=1S/C19H18N2O6S.C15H16N2O4S.C14H12N2O6S.C7H5ClN2O6S.C7H8.CH2O3.Na/c1-27-19(24)13-10-15(20-28(25)26)14(9-12-5-3-2-4-6-12)16(11-13)21-17(22)7-8-18(21)23;1-21-15(18)11-8-13(16)12(14(9-11)17-22(19)20)7-10-5-3-2-4-6-10;17-14(18)10-7-12(15-23(21)22)11(13(8-10)16(19)20)6-9-4-2-1-3-5-9;8-6-4(9-17(15)16)1-3(7(11)12)2-5(6)10(13)14;1-7-5-3-2-4-6-7;2-1-4-3;/h2-6,10-11,20H,7-9H2,1H3,(H,25,26);2-6,8-9,17H,7,16H2,1H3,(H,19,20);1-5,7-8,15H,6H2,(H,17,18)(H,21,22);1-2,9H,(H,11,12)(H,15,16);2-6H,1H3;1,3H;/q;;;;;;+1/p-5. The average Bonchev–Trinajstić information content (AvgIpc) is 1.43. The van der Waals surface area contributed by atoms with Crippen molar-refractivity contribution in [2.75, 3.05) is 43.7 Å². The third-order valence-corrected chi connectivity index (χ3v) is 15.2. The van der Waals surface area contributed by atoms with Crippen LogP contribution < -0.4 is 64.3 Å². The number of aryl methyl sites for hydroxylation is 1. The number of nitrogens with one attached hydrogen (secondary N) is 4. The molecule has 534 valence electrons. The molecular formula is C63H56ClN8NaO25S4-4. The number of anilines is 6. The summed E-state index contributed by atoms with van der Waals surface area (Å²) in [4.78, 5) is 103. The van der Waals surface area contributed by atoms with E-state index < -0.39 is 113 Å². The second-order valence-electron chi connectivity index (χ2n) is 19.9. The number of nitrogen functional groups attached to an aromatic ring is 1. The minimum Gasteiger partial charge on any atom is -0.755 e. The van der Waals surface area contributed by atoms with Crippen LogP contribution >= 0.6 is 11.6 Å². The van der Waals surface area contributed by atoms with Crippen LogP contribution in [-0.4, -0.2) is 111 Å². The molecular weight excluding hydrogens is 1460 g/mol. The summed E-state index contributed by atoms with van der Waals surface area (Å²) in [6, 6.07) is 46.8. The Morgan fingerprint density at radius 2 is 0.863 bits per heavy atom. The van der Waals surface area contributed by atoms with E-state index in [1.54, 1.807) is 35.1 Å². The molecule has 0 saturated carbocycles. The zero-order valence-corrected chi connectivity index (χ0v) is 59.5. The summed E-state index contributed by atoms with van der Waals surface area (Å²) in [6.07, 6.45) is 0.878. The zero-order chi connectivity index (χ0) is 75.0. The summed E-state index contributed by atoms with van der Waals surface area (Å²) in [7, 11) is 2.43. The van der Waals surface area contributed by atoms with E-state index in [-0.39, 0.29) is 112 Å². The number of nitrogens with zero attached hydrogens (tertiary/aromatic N) is 3. The number of benzene rings is 8. The van der Waals surface area contributed by atoms with Crippen molar-refractivity contribution >= 4 is 144 Å². The molecule has 33 nitrogen and oxygen atoms in total. The molecule has 8 aromatic rings. The number of hydrogen-bond acceptors (Lipinski definition) is 24. The van der Waals surface area contributed by atoms with Crippen LogP contribution in [0.3, 0.4) is 0 Å². The van der Waals surface area contributed by atoms with Gasteiger partial charge < -0.3 is 72.7 Å². The molecule has 0 aromatic heterocycles. The molecule has 9 rings (SSSR count). The van der Waals surface area contributed by atoms with Crippen molar-refractivity contribution in [3.8, 4) is 0 Å². The molecule has 0 aliphatic carbocycles. The van der Waals surface area contributed by atoms with Crippen molar-refractivity contribution in [3.05, 3.63) is 256 Å². The number of rotatable bonds is 22. The third-order valence-electron chi connectivity index (χ3n) is 13.2. The fourth-order valence-electron chi connectivity index (χ4n) is 8.89. The van der Waals surface area contributed by atoms with Gasteiger partial charge in [-0.25, -0.2) is 19.2 Å². The zero-order valence-electron chi connectivity index (χ0n) is 53.5. The molecule has 1 aliphatic heterocycles. The topological polar surface area (TPSA) is 535 Å². The van der Waals surface area contributed by atoms with E-state index in [4.69, 9.17) is 42.3 Å². The van der Waals surface area contributed by atoms with E-state index in [0.29, 0.717) is 23.2 Å². The number of imide groups is 1. The van der Waals surface area contributed by atoms with Gasteiger partial charge in [-0.15, -0.1) is 0 Å². The number of halogens is 1. The predicted octanol–water partition coefficient (Wildman–Crippen LogP) is 4.45. The Hall–Kier alpha value is -10.3. The van der Waals surface area contributed by atoms with Gasteiger partial charge in [-0.05, 0) is 60.0 Å². The smallest absolute Gasteiger partial charge is 0.755 e. The summed E-state index contributed by atoms with van der Waals surface area (Å²) < 4.78 is 105. The average molecular weight is 1510 g/mol. The van der Waals surface area contributed by atoms with Crippen LogP contribution in [0.1, 0.15) is 93.2 Å². The van der Waals surface area contributed by atoms with Gasteiger partial charge in [0.15, 0.2) is 0 Å². The number of amides is 2. The summed E-state index contributed by atoms with van der Waals surface area (Å²) in [5.41, 5.74) is 9.53. The molecule has 0 bridgehead atoms. The van der Waals surface area contributed by atoms with Crippen molar-refractivity contribution in [1.29, 1.82) is 0 Å². The van der Waals surface area contributed by atoms with Crippen LogP contribution in [0.2, 0.25) is 5.02 Å². The number of carbonyl (C=O) groups excluding carboxylic acids is 5. The first kappa shape index (κ1) is 86.0. The SMILES string of the molecule is COC(=O)c1cc(N)c(Cc2ccccc2)c(NS(=O)[O-])c1.COC(=O)c1cc(NS(=O)[O-])c(Cc2ccccc2)c(N2C(=O)CCC2=O)c1.Cc1ccccc1.O=C(O)c1cc(NS(=O)[O-])c(Cc2ccccc2)c([N+](=O)[O-])c1.O=C(O)c1cc(NS(=O)[O-])c(Cl)c([N+](=O)[O-])c1.O=CO[O-].[Na+]. The molecule has 4 atom stereocenters. The number of nitro groups is 2. The fraction of sp³-hybridized carbons (Fsp3) is 0.127. The molecule has 102 heavy (non-hydrogen) atoms. The molecule has 0 spiro atoms. The second-order valence-corrected chi connectivity index (χ2v) is 23.0. The Bertz CT molecular complexity index is 4370. The first-order valence-corrected chi connectivity index (χ1v) is 32.8. The van der Waals surface area contributed by atoms with Crippen LogP contribution in [0.25, 0.3) is 0 Å². The number of aromatic carboxylic acids is 2. The van der Waals surface area contributed by atoms with E-state index >= 15 is 0 Å². The van der Waals surface area contributed by atoms with Gasteiger partial charge in [0.05, 0.1) is 80.3 Å². The Morgan fingerprint density at radius 1 is 0.539 bits per heavy atom. The molecule has 0 radical (unpaired) electrons. The fourth-order valence-corrected chi connectivity index (χ4v) is 10.6. The van der Waals surface area contributed by atoms with Gasteiger partial charge in [0.1, 0.15) is 5.02 Å². The minimum atomic E-state index is -2.77. The summed E-state index contributed by atoms with van der Waals surface area (Å²) >= 11 is -5.16. The molecule has 4 unspecified atom stereocenters. The first-order chi connectivity index (χ1) is 47.9. The quantitative estimate of drug-likeness (QED) is 0.00567. The van der Waals surface area contributed by atoms with Gasteiger partial charge in [0.25, 0.3) is 17.8 Å². The number of nitrogens with two attached hydrogens (primary N) is 1. The Morgan fingerprint density at radius 3 is 1.22 bits per heavy atom. The number of carboxylic acids is 2. The van der Waals surface area contributed by atoms with E-state index in [9.17, 15) is 84.0 Å². The van der Waals surface area contributed by atoms with Crippen molar-refractivity contribution < 1.29 is 138 Å². The van der Waals surface area contributed by atoms with Crippen LogP contribution in [0.15, 0.2) is 170 Å². The van der Waals surface area contributed by atoms with Crippen molar-refractivity contribution in [3.63, 3.8) is 0 Å². The van der Waals surface area contributed by atoms with Crippen LogP contribution in [0.5, 0.6) is 0 Å². The molecule has 8 N–H and O–H groups in total. The molecule has 1 fully saturated rings. The number of ether oxygens (including phenoxy) is 2. The van der Waals surface area contributed by atoms with Gasteiger partial charge in [-0.3, -0.25) is 56.3 Å². The van der Waals surface area contributed by atoms with E-state index in [1.165, 1.54) is 44.0 Å². The number of carbonyl (C=O) groups is 7. The van der Waals surface area contributed by atoms with Gasteiger partial charge >= 0.3 is 53.4 Å². The predicted molar refractivity (Wildman–Crippen MR) is 363 cm³/mol. The van der Waals surface area contributed by atoms with E-state index in [2.05, 4.69) is 38.1 Å². The van der Waals surface area contributed by atoms with Crippen LogP contribution in [-0.2, 0) is 93.1 Å². The Kier molecular flexibility index (Phi) is 36.6. The summed E-state index contributed by atoms with van der Waals surface area (Å²) in [6.45, 7) is 1.90. The number of hydrogen-bond donors (Lipinski definition) is 7. The number of carboxylic acid groups (broad SMARTS) is 2. The minimum absolute atomic E-state index is 0. The van der Waals surface area contributed by atoms with Crippen LogP contribution in [0, 0.1) is 27.2 Å². The van der Waals surface area contributed by atoms with Crippen LogP contribution in [0.4, 0.5) is 45.5 Å².